The summed E-state index contributed by atoms with van der Waals surface area (Å²) in [6, 6.07) is 3.07. The maximum atomic E-state index is 13.3. The Balaban J connectivity index is 2.56. The van der Waals surface area contributed by atoms with E-state index in [1.165, 1.54) is 6.07 Å². The second-order valence-electron chi connectivity index (χ2n) is 3.34. The average molecular weight is 201 g/mol. The lowest BCUT2D eigenvalue weighted by molar-refractivity contribution is 0.258. The molecule has 0 saturated heterocycles. The third-order valence-electron chi connectivity index (χ3n) is 2.37. The predicted molar refractivity (Wildman–Crippen MR) is 49.9 cm³/mol. The lowest BCUT2D eigenvalue weighted by Crippen LogP contribution is -2.13. The van der Waals surface area contributed by atoms with Crippen molar-refractivity contribution in [3.8, 4) is 5.75 Å². The highest BCUT2D eigenvalue weighted by atomic mass is 35.5. The van der Waals surface area contributed by atoms with Crippen LogP contribution in [0.15, 0.2) is 12.1 Å². The number of halogens is 2. The molecule has 0 fully saturated rings. The van der Waals surface area contributed by atoms with Gasteiger partial charge in [0.2, 0.25) is 0 Å². The van der Waals surface area contributed by atoms with Gasteiger partial charge in [-0.1, -0.05) is 18.5 Å². The van der Waals surface area contributed by atoms with Crippen molar-refractivity contribution in [1.82, 2.24) is 0 Å². The smallest absolute Gasteiger partial charge is 0.166 e. The molecule has 0 amide bonds. The standard InChI is InChI=1S/C10H10ClFO/c1-6-2-3-13-10-8(6)4-7(11)5-9(10)12/h4-6H,2-3H2,1H3. The van der Waals surface area contributed by atoms with Crippen LogP contribution in [0.3, 0.4) is 0 Å². The fourth-order valence-corrected chi connectivity index (χ4v) is 1.81. The second kappa shape index (κ2) is 3.18. The monoisotopic (exact) mass is 200 g/mol. The van der Waals surface area contributed by atoms with E-state index in [1.54, 1.807) is 6.07 Å². The molecule has 1 aliphatic heterocycles. The van der Waals surface area contributed by atoms with Gasteiger partial charge in [0.25, 0.3) is 0 Å². The molecule has 0 radical (unpaired) electrons. The summed E-state index contributed by atoms with van der Waals surface area (Å²) in [6.07, 6.45) is 0.923. The van der Waals surface area contributed by atoms with Gasteiger partial charge in [0, 0.05) is 10.6 Å². The first-order valence-electron chi connectivity index (χ1n) is 4.30. The van der Waals surface area contributed by atoms with Crippen molar-refractivity contribution in [3.05, 3.63) is 28.5 Å². The Hall–Kier alpha value is -0.760. The molecule has 0 spiro atoms. The minimum Gasteiger partial charge on any atom is -0.490 e. The minimum absolute atomic E-state index is 0.331. The summed E-state index contributed by atoms with van der Waals surface area (Å²) in [6.45, 7) is 2.64. The van der Waals surface area contributed by atoms with Crippen molar-refractivity contribution in [2.75, 3.05) is 6.61 Å². The summed E-state index contributed by atoms with van der Waals surface area (Å²) in [4.78, 5) is 0. The van der Waals surface area contributed by atoms with E-state index in [2.05, 4.69) is 6.92 Å². The van der Waals surface area contributed by atoms with Crippen LogP contribution >= 0.6 is 11.6 Å². The Bertz CT molecular complexity index is 338. The first kappa shape index (κ1) is 8.82. The van der Waals surface area contributed by atoms with Gasteiger partial charge in [-0.25, -0.2) is 4.39 Å². The quantitative estimate of drug-likeness (QED) is 0.624. The summed E-state index contributed by atoms with van der Waals surface area (Å²) >= 11 is 5.75. The maximum Gasteiger partial charge on any atom is 0.166 e. The van der Waals surface area contributed by atoms with Crippen molar-refractivity contribution in [2.24, 2.45) is 0 Å². The van der Waals surface area contributed by atoms with Crippen LogP contribution in [0.5, 0.6) is 5.75 Å². The number of rotatable bonds is 0. The van der Waals surface area contributed by atoms with Crippen molar-refractivity contribution in [1.29, 1.82) is 0 Å². The van der Waals surface area contributed by atoms with E-state index in [-0.39, 0.29) is 5.82 Å². The highest BCUT2D eigenvalue weighted by Crippen LogP contribution is 2.37. The topological polar surface area (TPSA) is 9.23 Å². The van der Waals surface area contributed by atoms with Gasteiger partial charge in [-0.05, 0) is 24.5 Å². The molecule has 0 aliphatic carbocycles. The Labute approximate surface area is 81.5 Å². The van der Waals surface area contributed by atoms with Crippen LogP contribution in [0.4, 0.5) is 4.39 Å². The van der Waals surface area contributed by atoms with Gasteiger partial charge in [0.15, 0.2) is 11.6 Å². The molecule has 0 bridgehead atoms. The Morgan fingerprint density at radius 3 is 3.08 bits per heavy atom. The zero-order valence-corrected chi connectivity index (χ0v) is 8.07. The third-order valence-corrected chi connectivity index (χ3v) is 2.58. The van der Waals surface area contributed by atoms with Crippen molar-refractivity contribution in [2.45, 2.75) is 19.3 Å². The van der Waals surface area contributed by atoms with E-state index in [0.717, 1.165) is 12.0 Å². The number of hydrogen-bond acceptors (Lipinski definition) is 1. The molecule has 1 nitrogen and oxygen atoms in total. The van der Waals surface area contributed by atoms with Gasteiger partial charge in [-0.2, -0.15) is 0 Å². The lowest BCUT2D eigenvalue weighted by atomic mass is 9.95. The Morgan fingerprint density at radius 1 is 1.54 bits per heavy atom. The van der Waals surface area contributed by atoms with Crippen molar-refractivity contribution in [3.63, 3.8) is 0 Å². The fraction of sp³-hybridized carbons (Fsp3) is 0.400. The molecule has 0 N–H and O–H groups in total. The Kier molecular flexibility index (Phi) is 2.16. The van der Waals surface area contributed by atoms with Crippen LogP contribution in [-0.4, -0.2) is 6.61 Å². The molecule has 70 valence electrons. The molecule has 0 saturated carbocycles. The van der Waals surface area contributed by atoms with E-state index < -0.39 is 0 Å². The molecule has 0 aromatic heterocycles. The van der Waals surface area contributed by atoms with E-state index in [1.807, 2.05) is 0 Å². The molecule has 1 unspecified atom stereocenters. The van der Waals surface area contributed by atoms with Crippen LogP contribution < -0.4 is 4.74 Å². The Morgan fingerprint density at radius 2 is 2.31 bits per heavy atom. The number of ether oxygens (including phenoxy) is 1. The summed E-state index contributed by atoms with van der Waals surface area (Å²) in [7, 11) is 0. The third kappa shape index (κ3) is 1.51. The van der Waals surface area contributed by atoms with E-state index >= 15 is 0 Å². The molecule has 2 rings (SSSR count). The number of hydrogen-bond donors (Lipinski definition) is 0. The molecule has 1 aliphatic rings. The summed E-state index contributed by atoms with van der Waals surface area (Å²) in [5.41, 5.74) is 0.885. The molecule has 3 heteroatoms. The summed E-state index contributed by atoms with van der Waals surface area (Å²) < 4.78 is 18.5. The van der Waals surface area contributed by atoms with Crippen molar-refractivity contribution < 1.29 is 9.13 Å². The maximum absolute atomic E-state index is 13.3. The van der Waals surface area contributed by atoms with Gasteiger partial charge in [0.1, 0.15) is 0 Å². The largest absolute Gasteiger partial charge is 0.490 e. The lowest BCUT2D eigenvalue weighted by Gasteiger charge is -2.23. The van der Waals surface area contributed by atoms with Crippen LogP contribution in [0.1, 0.15) is 24.8 Å². The van der Waals surface area contributed by atoms with Crippen LogP contribution in [0.2, 0.25) is 5.02 Å². The SMILES string of the molecule is CC1CCOc2c(F)cc(Cl)cc21. The fourth-order valence-electron chi connectivity index (χ4n) is 1.59. The van der Waals surface area contributed by atoms with E-state index in [4.69, 9.17) is 16.3 Å². The van der Waals surface area contributed by atoms with Crippen LogP contribution in [0, 0.1) is 5.82 Å². The molecule has 1 aromatic carbocycles. The molecular weight excluding hydrogens is 191 g/mol. The molecule has 1 atom stereocenters. The molecule has 1 heterocycles. The van der Waals surface area contributed by atoms with Crippen molar-refractivity contribution >= 4 is 11.6 Å². The van der Waals surface area contributed by atoms with Crippen LogP contribution in [-0.2, 0) is 0 Å². The summed E-state index contributed by atoms with van der Waals surface area (Å²) in [5, 5.41) is 0.439. The first-order chi connectivity index (χ1) is 6.18. The number of benzene rings is 1. The van der Waals surface area contributed by atoms with Gasteiger partial charge in [-0.15, -0.1) is 0 Å². The second-order valence-corrected chi connectivity index (χ2v) is 3.78. The minimum atomic E-state index is -0.353. The number of fused-ring (bicyclic) bond motifs is 1. The van der Waals surface area contributed by atoms with Gasteiger partial charge >= 0.3 is 0 Å². The molecular formula is C10H10ClFO. The summed E-state index contributed by atoms with van der Waals surface area (Å²) in [5.74, 6) is 0.356. The van der Waals surface area contributed by atoms with E-state index in [9.17, 15) is 4.39 Å². The molecule has 1 aromatic rings. The van der Waals surface area contributed by atoms with Gasteiger partial charge < -0.3 is 4.74 Å². The van der Waals surface area contributed by atoms with Crippen LogP contribution in [0.25, 0.3) is 0 Å². The van der Waals surface area contributed by atoms with Gasteiger partial charge in [0.05, 0.1) is 6.61 Å². The highest BCUT2D eigenvalue weighted by molar-refractivity contribution is 6.30. The van der Waals surface area contributed by atoms with E-state index in [0.29, 0.717) is 23.3 Å². The predicted octanol–water partition coefficient (Wildman–Crippen LogP) is 3.37. The van der Waals surface area contributed by atoms with Gasteiger partial charge in [-0.3, -0.25) is 0 Å². The normalized spacial score (nSPS) is 20.7. The highest BCUT2D eigenvalue weighted by Gasteiger charge is 2.21. The molecule has 13 heavy (non-hydrogen) atoms. The average Bonchev–Trinajstić information content (AvgIpc) is 2.07. The zero-order valence-electron chi connectivity index (χ0n) is 7.31. The first-order valence-corrected chi connectivity index (χ1v) is 4.68. The zero-order chi connectivity index (χ0) is 9.42.